The Labute approximate surface area is 147 Å². The van der Waals surface area contributed by atoms with Gasteiger partial charge in [-0.2, -0.15) is 0 Å². The summed E-state index contributed by atoms with van der Waals surface area (Å²) in [6.45, 7) is 1.95. The SMILES string of the molecule is Cc1cccc2c(=O)[nH]c(-c3ccc4cc(Cl)c(Cl)cc4c3)nc12. The third kappa shape index (κ3) is 2.46. The molecule has 1 heterocycles. The van der Waals surface area contributed by atoms with Crippen molar-refractivity contribution >= 4 is 44.9 Å². The molecule has 1 N–H and O–H groups in total. The van der Waals surface area contributed by atoms with Gasteiger partial charge in [-0.3, -0.25) is 4.79 Å². The van der Waals surface area contributed by atoms with Crippen molar-refractivity contribution in [3.63, 3.8) is 0 Å². The molecule has 0 saturated heterocycles. The molecule has 4 aromatic rings. The van der Waals surface area contributed by atoms with Crippen LogP contribution in [0.2, 0.25) is 10.0 Å². The van der Waals surface area contributed by atoms with Crippen LogP contribution >= 0.6 is 23.2 Å². The number of halogens is 2. The molecular weight excluding hydrogens is 343 g/mol. The van der Waals surface area contributed by atoms with Gasteiger partial charge < -0.3 is 4.98 Å². The zero-order valence-electron chi connectivity index (χ0n) is 12.7. The van der Waals surface area contributed by atoms with Crippen LogP contribution in [0, 0.1) is 6.92 Å². The van der Waals surface area contributed by atoms with Crippen molar-refractivity contribution in [3.8, 4) is 11.4 Å². The van der Waals surface area contributed by atoms with Crippen LogP contribution in [0.1, 0.15) is 5.56 Å². The summed E-state index contributed by atoms with van der Waals surface area (Å²) in [5, 5.41) is 3.53. The van der Waals surface area contributed by atoms with E-state index in [2.05, 4.69) is 9.97 Å². The zero-order valence-corrected chi connectivity index (χ0v) is 14.2. The molecule has 3 nitrogen and oxygen atoms in total. The summed E-state index contributed by atoms with van der Waals surface area (Å²) >= 11 is 12.2. The fourth-order valence-electron chi connectivity index (χ4n) is 2.83. The molecular formula is C19H12Cl2N2O. The Morgan fingerprint density at radius 1 is 0.958 bits per heavy atom. The van der Waals surface area contributed by atoms with Crippen LogP contribution in [0.15, 0.2) is 53.3 Å². The second kappa shape index (κ2) is 5.62. The number of fused-ring (bicyclic) bond motifs is 2. The molecule has 118 valence electrons. The largest absolute Gasteiger partial charge is 0.306 e. The van der Waals surface area contributed by atoms with Gasteiger partial charge in [-0.1, -0.05) is 47.5 Å². The van der Waals surface area contributed by atoms with Crippen LogP contribution in [0.5, 0.6) is 0 Å². The second-order valence-corrected chi connectivity index (χ2v) is 6.53. The van der Waals surface area contributed by atoms with Gasteiger partial charge in [0, 0.05) is 5.56 Å². The van der Waals surface area contributed by atoms with E-state index in [0.29, 0.717) is 26.8 Å². The van der Waals surface area contributed by atoms with E-state index in [-0.39, 0.29) is 5.56 Å². The van der Waals surface area contributed by atoms with E-state index >= 15 is 0 Å². The van der Waals surface area contributed by atoms with Crippen molar-refractivity contribution in [2.75, 3.05) is 0 Å². The molecule has 5 heteroatoms. The molecule has 0 aliphatic rings. The Hall–Kier alpha value is -2.36. The average Bonchev–Trinajstić information content (AvgIpc) is 2.56. The molecule has 1 aromatic heterocycles. The molecule has 3 aromatic carbocycles. The minimum Gasteiger partial charge on any atom is -0.306 e. The number of benzene rings is 3. The van der Waals surface area contributed by atoms with Crippen molar-refractivity contribution < 1.29 is 0 Å². The number of aryl methyl sites for hydroxylation is 1. The number of aromatic nitrogens is 2. The zero-order chi connectivity index (χ0) is 16.8. The number of hydrogen-bond acceptors (Lipinski definition) is 2. The summed E-state index contributed by atoms with van der Waals surface area (Å²) in [6, 6.07) is 15.0. The lowest BCUT2D eigenvalue weighted by molar-refractivity contribution is 1.17. The number of H-pyrrole nitrogens is 1. The first-order valence-corrected chi connectivity index (χ1v) is 8.17. The smallest absolute Gasteiger partial charge is 0.259 e. The fraction of sp³-hybridized carbons (Fsp3) is 0.0526. The van der Waals surface area contributed by atoms with Crippen LogP contribution in [0.3, 0.4) is 0 Å². The van der Waals surface area contributed by atoms with E-state index in [0.717, 1.165) is 21.9 Å². The highest BCUT2D eigenvalue weighted by molar-refractivity contribution is 6.42. The van der Waals surface area contributed by atoms with E-state index in [4.69, 9.17) is 23.2 Å². The lowest BCUT2D eigenvalue weighted by Crippen LogP contribution is -2.10. The van der Waals surface area contributed by atoms with Gasteiger partial charge in [0.15, 0.2) is 0 Å². The molecule has 0 unspecified atom stereocenters. The Balaban J connectivity index is 1.97. The van der Waals surface area contributed by atoms with E-state index < -0.39 is 0 Å². The highest BCUT2D eigenvalue weighted by atomic mass is 35.5. The van der Waals surface area contributed by atoms with Crippen LogP contribution < -0.4 is 5.56 Å². The van der Waals surface area contributed by atoms with Gasteiger partial charge in [-0.15, -0.1) is 0 Å². The normalized spacial score (nSPS) is 11.3. The van der Waals surface area contributed by atoms with Crippen molar-refractivity contribution in [1.82, 2.24) is 9.97 Å². The number of para-hydroxylation sites is 1. The maximum atomic E-state index is 12.4. The number of hydrogen-bond donors (Lipinski definition) is 1. The quantitative estimate of drug-likeness (QED) is 0.500. The molecule has 0 aliphatic heterocycles. The van der Waals surface area contributed by atoms with Crippen molar-refractivity contribution in [2.45, 2.75) is 6.92 Å². The average molecular weight is 355 g/mol. The Morgan fingerprint density at radius 2 is 1.71 bits per heavy atom. The predicted octanol–water partition coefficient (Wildman–Crippen LogP) is 5.36. The monoisotopic (exact) mass is 354 g/mol. The van der Waals surface area contributed by atoms with E-state index in [1.807, 2.05) is 49.4 Å². The lowest BCUT2D eigenvalue weighted by Gasteiger charge is -2.07. The Morgan fingerprint density at radius 3 is 2.50 bits per heavy atom. The number of rotatable bonds is 1. The van der Waals surface area contributed by atoms with Gasteiger partial charge in [-0.05, 0) is 47.5 Å². The topological polar surface area (TPSA) is 45.8 Å². The van der Waals surface area contributed by atoms with Crippen LogP contribution in [0.25, 0.3) is 33.1 Å². The number of nitrogens with one attached hydrogen (secondary N) is 1. The second-order valence-electron chi connectivity index (χ2n) is 5.71. The van der Waals surface area contributed by atoms with Crippen LogP contribution in [-0.2, 0) is 0 Å². The number of aromatic amines is 1. The molecule has 0 fully saturated rings. The van der Waals surface area contributed by atoms with E-state index in [9.17, 15) is 4.79 Å². The molecule has 0 aliphatic carbocycles. The first-order valence-electron chi connectivity index (χ1n) is 7.42. The molecule has 0 spiro atoms. The first kappa shape index (κ1) is 15.2. The van der Waals surface area contributed by atoms with E-state index in [1.54, 1.807) is 6.07 Å². The van der Waals surface area contributed by atoms with Crippen molar-refractivity contribution in [1.29, 1.82) is 0 Å². The highest BCUT2D eigenvalue weighted by Gasteiger charge is 2.09. The summed E-state index contributed by atoms with van der Waals surface area (Å²) in [5.41, 5.74) is 2.36. The Kier molecular flexibility index (Phi) is 3.56. The van der Waals surface area contributed by atoms with Crippen LogP contribution in [-0.4, -0.2) is 9.97 Å². The molecule has 0 amide bonds. The molecule has 0 radical (unpaired) electrons. The summed E-state index contributed by atoms with van der Waals surface area (Å²) in [7, 11) is 0. The molecule has 0 saturated carbocycles. The predicted molar refractivity (Wildman–Crippen MR) is 100 cm³/mol. The molecule has 0 atom stereocenters. The van der Waals surface area contributed by atoms with Gasteiger partial charge in [0.05, 0.1) is 20.9 Å². The minimum atomic E-state index is -0.145. The molecule has 4 rings (SSSR count). The fourth-order valence-corrected chi connectivity index (χ4v) is 3.18. The summed E-state index contributed by atoms with van der Waals surface area (Å²) in [6.07, 6.45) is 0. The Bertz CT molecular complexity index is 1170. The third-order valence-electron chi connectivity index (χ3n) is 4.09. The maximum Gasteiger partial charge on any atom is 0.259 e. The minimum absolute atomic E-state index is 0.145. The van der Waals surface area contributed by atoms with E-state index in [1.165, 1.54) is 0 Å². The summed E-state index contributed by atoms with van der Waals surface area (Å²) in [5.74, 6) is 0.537. The van der Waals surface area contributed by atoms with Crippen LogP contribution in [0.4, 0.5) is 0 Å². The lowest BCUT2D eigenvalue weighted by atomic mass is 10.1. The molecule has 0 bridgehead atoms. The van der Waals surface area contributed by atoms with Gasteiger partial charge in [0.2, 0.25) is 0 Å². The summed E-state index contributed by atoms with van der Waals surface area (Å²) < 4.78 is 0. The summed E-state index contributed by atoms with van der Waals surface area (Å²) in [4.78, 5) is 19.9. The maximum absolute atomic E-state index is 12.4. The van der Waals surface area contributed by atoms with Gasteiger partial charge in [0.25, 0.3) is 5.56 Å². The van der Waals surface area contributed by atoms with Crippen molar-refractivity contribution in [2.24, 2.45) is 0 Å². The van der Waals surface area contributed by atoms with Crippen molar-refractivity contribution in [3.05, 3.63) is 74.5 Å². The van der Waals surface area contributed by atoms with Gasteiger partial charge >= 0.3 is 0 Å². The third-order valence-corrected chi connectivity index (χ3v) is 4.81. The standard InChI is InChI=1S/C19H12Cl2N2O/c1-10-3-2-4-14-17(10)22-18(23-19(14)24)12-6-5-11-8-15(20)16(21)9-13(11)7-12/h2-9H,1H3,(H,22,23,24). The number of nitrogens with zero attached hydrogens (tertiary/aromatic N) is 1. The first-order chi connectivity index (χ1) is 11.5. The molecule has 24 heavy (non-hydrogen) atoms. The van der Waals surface area contributed by atoms with Gasteiger partial charge in [-0.25, -0.2) is 4.98 Å². The van der Waals surface area contributed by atoms with Gasteiger partial charge in [0.1, 0.15) is 5.82 Å². The highest BCUT2D eigenvalue weighted by Crippen LogP contribution is 2.30.